The predicted octanol–water partition coefficient (Wildman–Crippen LogP) is 8.40. The van der Waals surface area contributed by atoms with Crippen molar-refractivity contribution < 1.29 is 34.0 Å². The zero-order chi connectivity index (χ0) is 27.5. The number of rotatable bonds is 9. The molecule has 0 unspecified atom stereocenters. The van der Waals surface area contributed by atoms with Gasteiger partial charge in [-0.15, -0.1) is 8.42 Å². The van der Waals surface area contributed by atoms with Crippen LogP contribution in [0.1, 0.15) is 25.3 Å². The minimum atomic E-state index is -5.44. The summed E-state index contributed by atoms with van der Waals surface area (Å²) in [6, 6.07) is 23.5. The van der Waals surface area contributed by atoms with Crippen LogP contribution in [0.4, 0.5) is 22.0 Å². The lowest BCUT2D eigenvalue weighted by Crippen LogP contribution is -2.22. The molecule has 200 valence electrons. The zero-order valence-electron chi connectivity index (χ0n) is 20.2. The molecule has 0 saturated carbocycles. The van der Waals surface area contributed by atoms with E-state index in [4.69, 9.17) is 0 Å². The van der Waals surface area contributed by atoms with E-state index in [9.17, 15) is 30.4 Å². The Balaban J connectivity index is 2.01. The second kappa shape index (κ2) is 11.3. The number of halogens is 5. The Morgan fingerprint density at radius 1 is 0.605 bits per heavy atom. The van der Waals surface area contributed by atoms with Crippen LogP contribution in [0.15, 0.2) is 105 Å². The minimum Gasteiger partial charge on any atom is -0.258 e. The van der Waals surface area contributed by atoms with Crippen molar-refractivity contribution in [2.75, 3.05) is 0 Å². The van der Waals surface area contributed by atoms with Gasteiger partial charge in [0.05, 0.1) is 25.0 Å². The van der Waals surface area contributed by atoms with E-state index in [1.54, 1.807) is 72.8 Å². The van der Waals surface area contributed by atoms with Gasteiger partial charge in [0.15, 0.2) is 23.3 Å². The summed E-state index contributed by atoms with van der Waals surface area (Å²) in [7, 11) is -8.62. The van der Waals surface area contributed by atoms with E-state index < -0.39 is 54.4 Å². The first-order valence-electron chi connectivity index (χ1n) is 11.7. The first kappa shape index (κ1) is 27.8. The fraction of sp³-hybridized carbons (Fsp3) is 0.143. The highest BCUT2D eigenvalue weighted by Crippen LogP contribution is 2.68. The molecule has 0 fully saturated rings. The molecule has 0 aliphatic heterocycles. The molecule has 0 aliphatic carbocycles. The number of benzene rings is 4. The highest BCUT2D eigenvalue weighted by atomic mass is 32.3. The first-order valence-corrected chi connectivity index (χ1v) is 14.7. The Hall–Kier alpha value is -3.21. The van der Waals surface area contributed by atoms with Gasteiger partial charge in [-0.1, -0.05) is 61.9 Å². The summed E-state index contributed by atoms with van der Waals surface area (Å²) in [4.78, 5) is -0.806. The predicted molar refractivity (Wildman–Crippen MR) is 136 cm³/mol. The lowest BCUT2D eigenvalue weighted by Gasteiger charge is -2.35. The molecule has 0 saturated heterocycles. The maximum Gasteiger partial charge on any atom is 0.428 e. The second-order valence-electron chi connectivity index (χ2n) is 8.40. The van der Waals surface area contributed by atoms with E-state index in [0.29, 0.717) is 14.7 Å². The van der Waals surface area contributed by atoms with Crippen LogP contribution in [-0.4, -0.2) is 12.0 Å². The van der Waals surface area contributed by atoms with Crippen LogP contribution in [0, 0.1) is 29.1 Å². The van der Waals surface area contributed by atoms with Gasteiger partial charge in [0.25, 0.3) is 0 Å². The van der Waals surface area contributed by atoms with Crippen molar-refractivity contribution in [1.29, 1.82) is 0 Å². The molecular weight excluding hydrogens is 543 g/mol. The van der Waals surface area contributed by atoms with Gasteiger partial charge in [0.1, 0.15) is 0 Å². The third-order valence-electron chi connectivity index (χ3n) is 5.89. The van der Waals surface area contributed by atoms with Crippen molar-refractivity contribution in [2.45, 2.75) is 45.8 Å². The molecule has 0 bridgehead atoms. The van der Waals surface area contributed by atoms with E-state index in [2.05, 4.69) is 10.6 Å². The van der Waals surface area contributed by atoms with Crippen LogP contribution in [-0.2, 0) is 16.5 Å². The fourth-order valence-electron chi connectivity index (χ4n) is 4.00. The van der Waals surface area contributed by atoms with Gasteiger partial charge in [-0.3, -0.25) is 3.63 Å². The molecule has 0 spiro atoms. The maximum atomic E-state index is 14.7. The molecule has 4 rings (SSSR count). The lowest BCUT2D eigenvalue weighted by atomic mass is 10.1. The van der Waals surface area contributed by atoms with Gasteiger partial charge in [0.2, 0.25) is 10.7 Å². The Morgan fingerprint density at radius 3 is 1.47 bits per heavy atom. The first-order chi connectivity index (χ1) is 18.1. The molecule has 0 heterocycles. The van der Waals surface area contributed by atoms with Crippen LogP contribution >= 0.6 is 10.3 Å². The smallest absolute Gasteiger partial charge is 0.258 e. The number of hydrogen-bond acceptors (Lipinski definition) is 2. The SMILES string of the molecule is CCCCc1ccc(S([OH+]S(=O)(=O)c2c(F)c(F)c(F)c(F)c2F)(c2ccccc2)c2ccccc2)cc1. The van der Waals surface area contributed by atoms with Gasteiger partial charge in [-0.2, -0.15) is 0 Å². The highest BCUT2D eigenvalue weighted by molar-refractivity contribution is 8.32. The Kier molecular flexibility index (Phi) is 8.25. The minimum absolute atomic E-state index is 0.389. The van der Waals surface area contributed by atoms with Crippen molar-refractivity contribution in [3.8, 4) is 0 Å². The van der Waals surface area contributed by atoms with Crippen LogP contribution in [0.2, 0.25) is 0 Å². The van der Waals surface area contributed by atoms with Crippen LogP contribution in [0.3, 0.4) is 0 Å². The third kappa shape index (κ3) is 5.08. The molecule has 3 nitrogen and oxygen atoms in total. The topological polar surface area (TPSA) is 46.9 Å². The Labute approximate surface area is 219 Å². The van der Waals surface area contributed by atoms with Gasteiger partial charge in [0, 0.05) is 0 Å². The van der Waals surface area contributed by atoms with Gasteiger partial charge < -0.3 is 0 Å². The average molecular weight is 568 g/mol. The Morgan fingerprint density at radius 2 is 1.03 bits per heavy atom. The molecule has 10 heteroatoms. The molecule has 38 heavy (non-hydrogen) atoms. The van der Waals surface area contributed by atoms with Crippen LogP contribution < -0.4 is 0 Å². The van der Waals surface area contributed by atoms with Crippen molar-refractivity contribution in [2.24, 2.45) is 0 Å². The monoisotopic (exact) mass is 567 g/mol. The molecule has 0 aromatic heterocycles. The van der Waals surface area contributed by atoms with E-state index in [1.165, 1.54) is 0 Å². The van der Waals surface area contributed by atoms with Crippen molar-refractivity contribution >= 4 is 20.4 Å². The summed E-state index contributed by atoms with van der Waals surface area (Å²) < 4.78 is 102. The summed E-state index contributed by atoms with van der Waals surface area (Å²) in [6.45, 7) is 2.05. The van der Waals surface area contributed by atoms with Crippen LogP contribution in [0.25, 0.3) is 0 Å². The molecule has 4 aromatic carbocycles. The molecule has 0 aliphatic rings. The summed E-state index contributed by atoms with van der Waals surface area (Å²) >= 11 is 0. The van der Waals surface area contributed by atoms with Crippen LogP contribution in [0.5, 0.6) is 0 Å². The number of aryl methyl sites for hydroxylation is 1. The zero-order valence-corrected chi connectivity index (χ0v) is 21.8. The quantitative estimate of drug-likeness (QED) is 0.0670. The lowest BCUT2D eigenvalue weighted by molar-refractivity contribution is 0.338. The number of unbranched alkanes of at least 4 members (excludes halogenated alkanes) is 1. The van der Waals surface area contributed by atoms with Gasteiger partial charge in [-0.05, 0) is 54.8 Å². The Bertz CT molecular complexity index is 1460. The molecule has 0 amide bonds. The summed E-state index contributed by atoms with van der Waals surface area (Å²) in [5, 5.41) is 0. The van der Waals surface area contributed by atoms with E-state index in [0.717, 1.165) is 24.8 Å². The largest absolute Gasteiger partial charge is 0.428 e. The van der Waals surface area contributed by atoms with E-state index in [-0.39, 0.29) is 0 Å². The summed E-state index contributed by atoms with van der Waals surface area (Å²) in [5.74, 6) is -12.1. The van der Waals surface area contributed by atoms with Crippen molar-refractivity contribution in [3.05, 3.63) is 120 Å². The highest BCUT2D eigenvalue weighted by Gasteiger charge is 2.47. The van der Waals surface area contributed by atoms with Crippen molar-refractivity contribution in [1.82, 2.24) is 0 Å². The second-order valence-corrected chi connectivity index (χ2v) is 12.9. The van der Waals surface area contributed by atoms with E-state index >= 15 is 0 Å². The standard InChI is InChI=1S/C28H23F5O3S2/c1-2-3-10-19-15-17-22(18-16-19)37(20-11-6-4-7-12-20,21-13-8-5-9-14-21)36-38(34,35)28-26(32)24(30)23(29)25(31)27(28)33/h4-9,11-18H,2-3,10H2,1H3/p+1. The normalized spacial score (nSPS) is 12.5. The summed E-state index contributed by atoms with van der Waals surface area (Å²) in [5.41, 5.74) is 0.993. The maximum absolute atomic E-state index is 14.7. The van der Waals surface area contributed by atoms with Crippen molar-refractivity contribution in [3.63, 3.8) is 0 Å². The third-order valence-corrected chi connectivity index (χ3v) is 11.3. The average Bonchev–Trinajstić information content (AvgIpc) is 2.94. The molecule has 4 aromatic rings. The molecular formula is C28H24F5O3S2+. The molecule has 0 radical (unpaired) electrons. The van der Waals surface area contributed by atoms with Gasteiger partial charge >= 0.3 is 10.1 Å². The molecule has 0 atom stereocenters. The van der Waals surface area contributed by atoms with E-state index in [1.807, 2.05) is 12.1 Å². The molecule has 1 N–H and O–H groups in total. The van der Waals surface area contributed by atoms with Gasteiger partial charge in [-0.25, -0.2) is 22.0 Å². The summed E-state index contributed by atoms with van der Waals surface area (Å²) in [6.07, 6.45) is 2.70. The fourth-order valence-corrected chi connectivity index (χ4v) is 9.59. The number of hydrogen-bond donors (Lipinski definition) is 0.